The Hall–Kier alpha value is -2.65. The first-order valence-electron chi connectivity index (χ1n) is 8.95. The van der Waals surface area contributed by atoms with E-state index >= 15 is 0 Å². The van der Waals surface area contributed by atoms with Crippen LogP contribution in [0.3, 0.4) is 0 Å². The van der Waals surface area contributed by atoms with Gasteiger partial charge in [-0.05, 0) is 47.7 Å². The van der Waals surface area contributed by atoms with Gasteiger partial charge in [-0.25, -0.2) is 4.79 Å². The fraction of sp³-hybridized carbons (Fsp3) is 0.125. The van der Waals surface area contributed by atoms with Crippen LogP contribution in [0.25, 0.3) is 0 Å². The fourth-order valence-corrected chi connectivity index (χ4v) is 3.93. The zero-order valence-electron chi connectivity index (χ0n) is 14.7. The fourth-order valence-electron chi connectivity index (χ4n) is 3.67. The third-order valence-electron chi connectivity index (χ3n) is 5.09. The number of benzene rings is 3. The molecule has 4 rings (SSSR count). The predicted octanol–water partition coefficient (Wildman–Crippen LogP) is 5.92. The highest BCUT2D eigenvalue weighted by molar-refractivity contribution is 9.10. The van der Waals surface area contributed by atoms with Crippen molar-refractivity contribution in [2.24, 2.45) is 5.92 Å². The number of hydrogen-bond donors (Lipinski definition) is 0. The standard InChI is InChI=1S/C24H19BrO2/c25-21-12-14-22(15-13-21)27-23(26)16-11-20-17-24(20,18-7-3-1-4-8-18)19-9-5-2-6-10-19/h1-16,20H,17H2/b16-11+/t20-/m0/s1. The van der Waals surface area contributed by atoms with Crippen LogP contribution in [-0.2, 0) is 10.2 Å². The van der Waals surface area contributed by atoms with E-state index in [1.807, 2.05) is 30.3 Å². The van der Waals surface area contributed by atoms with Gasteiger partial charge in [-0.1, -0.05) is 82.7 Å². The van der Waals surface area contributed by atoms with Crippen molar-refractivity contribution in [3.05, 3.63) is 113 Å². The van der Waals surface area contributed by atoms with Crippen LogP contribution in [0.4, 0.5) is 0 Å². The summed E-state index contributed by atoms with van der Waals surface area (Å²) in [5.74, 6) is 0.472. The summed E-state index contributed by atoms with van der Waals surface area (Å²) in [4.78, 5) is 12.2. The van der Waals surface area contributed by atoms with Crippen molar-refractivity contribution < 1.29 is 9.53 Å². The average molecular weight is 419 g/mol. The van der Waals surface area contributed by atoms with Gasteiger partial charge >= 0.3 is 5.97 Å². The van der Waals surface area contributed by atoms with Gasteiger partial charge in [0.05, 0.1) is 0 Å². The molecule has 0 bridgehead atoms. The normalized spacial score (nSPS) is 17.6. The van der Waals surface area contributed by atoms with E-state index in [0.717, 1.165) is 10.9 Å². The van der Waals surface area contributed by atoms with Crippen molar-refractivity contribution in [2.45, 2.75) is 11.8 Å². The summed E-state index contributed by atoms with van der Waals surface area (Å²) in [7, 11) is 0. The molecule has 3 aromatic rings. The summed E-state index contributed by atoms with van der Waals surface area (Å²) >= 11 is 3.37. The molecule has 0 aromatic heterocycles. The minimum Gasteiger partial charge on any atom is -0.423 e. The van der Waals surface area contributed by atoms with Gasteiger partial charge < -0.3 is 4.74 Å². The number of halogens is 1. The lowest BCUT2D eigenvalue weighted by Crippen LogP contribution is -2.12. The van der Waals surface area contributed by atoms with Gasteiger partial charge in [0.2, 0.25) is 0 Å². The Kier molecular flexibility index (Phi) is 4.95. The zero-order chi connectivity index (χ0) is 18.7. The summed E-state index contributed by atoms with van der Waals surface area (Å²) in [6, 6.07) is 28.3. The molecule has 0 spiro atoms. The smallest absolute Gasteiger partial charge is 0.335 e. The Bertz CT molecular complexity index is 907. The predicted molar refractivity (Wildman–Crippen MR) is 111 cm³/mol. The van der Waals surface area contributed by atoms with Gasteiger partial charge in [0, 0.05) is 16.0 Å². The molecule has 1 saturated carbocycles. The Morgan fingerprint density at radius 2 is 1.44 bits per heavy atom. The molecule has 3 heteroatoms. The highest BCUT2D eigenvalue weighted by atomic mass is 79.9. The molecule has 1 aliphatic rings. The summed E-state index contributed by atoms with van der Waals surface area (Å²) in [5, 5.41) is 0. The number of hydrogen-bond acceptors (Lipinski definition) is 2. The topological polar surface area (TPSA) is 26.3 Å². The highest BCUT2D eigenvalue weighted by Gasteiger charge is 2.54. The Labute approximate surface area is 167 Å². The summed E-state index contributed by atoms with van der Waals surface area (Å²) in [5.41, 5.74) is 2.51. The maximum absolute atomic E-state index is 12.2. The van der Waals surface area contributed by atoms with Crippen molar-refractivity contribution in [3.8, 4) is 5.75 Å². The van der Waals surface area contributed by atoms with Crippen molar-refractivity contribution in [1.29, 1.82) is 0 Å². The third-order valence-corrected chi connectivity index (χ3v) is 5.62. The second-order valence-corrected chi connectivity index (χ2v) is 7.66. The van der Waals surface area contributed by atoms with Gasteiger partial charge in [0.25, 0.3) is 0 Å². The highest BCUT2D eigenvalue weighted by Crippen LogP contribution is 2.59. The van der Waals surface area contributed by atoms with Gasteiger partial charge in [-0.15, -0.1) is 0 Å². The Morgan fingerprint density at radius 3 is 2.00 bits per heavy atom. The monoisotopic (exact) mass is 418 g/mol. The molecule has 0 amide bonds. The molecule has 1 atom stereocenters. The van der Waals surface area contributed by atoms with E-state index in [4.69, 9.17) is 4.74 Å². The maximum atomic E-state index is 12.2. The molecule has 0 unspecified atom stereocenters. The molecule has 134 valence electrons. The lowest BCUT2D eigenvalue weighted by Gasteiger charge is -2.18. The zero-order valence-corrected chi connectivity index (χ0v) is 16.3. The Morgan fingerprint density at radius 1 is 0.889 bits per heavy atom. The molecule has 2 nitrogen and oxygen atoms in total. The number of esters is 1. The number of allylic oxidation sites excluding steroid dienone is 1. The summed E-state index contributed by atoms with van der Waals surface area (Å²) < 4.78 is 6.33. The second-order valence-electron chi connectivity index (χ2n) is 6.75. The SMILES string of the molecule is O=C(/C=C/[C@H]1CC1(c1ccccc1)c1ccccc1)Oc1ccc(Br)cc1. The Balaban J connectivity index is 1.53. The van der Waals surface area contributed by atoms with Crippen LogP contribution in [0.1, 0.15) is 17.5 Å². The minimum atomic E-state index is -0.348. The molecule has 0 aliphatic heterocycles. The molecule has 0 saturated heterocycles. The van der Waals surface area contributed by atoms with E-state index in [1.165, 1.54) is 11.1 Å². The lowest BCUT2D eigenvalue weighted by molar-refractivity contribution is -0.129. The summed E-state index contributed by atoms with van der Waals surface area (Å²) in [6.45, 7) is 0. The molecule has 3 aromatic carbocycles. The van der Waals surface area contributed by atoms with E-state index in [0.29, 0.717) is 5.75 Å². The van der Waals surface area contributed by atoms with E-state index < -0.39 is 0 Å². The second kappa shape index (κ2) is 7.53. The number of carbonyl (C=O) groups excluding carboxylic acids is 1. The maximum Gasteiger partial charge on any atom is 0.335 e. The lowest BCUT2D eigenvalue weighted by atomic mass is 9.85. The van der Waals surface area contributed by atoms with Crippen LogP contribution in [0.2, 0.25) is 0 Å². The third kappa shape index (κ3) is 3.74. The number of ether oxygens (including phenoxy) is 1. The van der Waals surface area contributed by atoms with Crippen LogP contribution in [0.5, 0.6) is 5.75 Å². The van der Waals surface area contributed by atoms with Crippen LogP contribution in [-0.4, -0.2) is 5.97 Å². The molecule has 1 fully saturated rings. The molecule has 0 radical (unpaired) electrons. The van der Waals surface area contributed by atoms with Crippen LogP contribution < -0.4 is 4.74 Å². The van der Waals surface area contributed by atoms with Gasteiger partial charge in [0.15, 0.2) is 0 Å². The van der Waals surface area contributed by atoms with Gasteiger partial charge in [0.1, 0.15) is 5.75 Å². The van der Waals surface area contributed by atoms with Crippen molar-refractivity contribution in [1.82, 2.24) is 0 Å². The summed E-state index contributed by atoms with van der Waals surface area (Å²) in [6.07, 6.45) is 4.53. The number of carbonyl (C=O) groups is 1. The van der Waals surface area contributed by atoms with E-state index in [9.17, 15) is 4.79 Å². The first-order valence-corrected chi connectivity index (χ1v) is 9.74. The average Bonchev–Trinajstić information content (AvgIpc) is 3.45. The molecule has 27 heavy (non-hydrogen) atoms. The first kappa shape index (κ1) is 17.7. The van der Waals surface area contributed by atoms with E-state index in [1.54, 1.807) is 18.2 Å². The quantitative estimate of drug-likeness (QED) is 0.292. The van der Waals surface area contributed by atoms with Crippen molar-refractivity contribution in [2.75, 3.05) is 0 Å². The van der Waals surface area contributed by atoms with E-state index in [-0.39, 0.29) is 17.3 Å². The minimum absolute atomic E-state index is 0.0586. The molecular weight excluding hydrogens is 400 g/mol. The molecule has 1 aliphatic carbocycles. The van der Waals surface area contributed by atoms with Crippen molar-refractivity contribution >= 4 is 21.9 Å². The molecular formula is C24H19BrO2. The van der Waals surface area contributed by atoms with E-state index in [2.05, 4.69) is 64.5 Å². The van der Waals surface area contributed by atoms with Crippen LogP contribution in [0.15, 0.2) is 102 Å². The molecule has 0 heterocycles. The van der Waals surface area contributed by atoms with Gasteiger partial charge in [-0.3, -0.25) is 0 Å². The number of rotatable bonds is 5. The molecule has 0 N–H and O–H groups in total. The van der Waals surface area contributed by atoms with Crippen LogP contribution in [0, 0.1) is 5.92 Å². The first-order chi connectivity index (χ1) is 13.2. The van der Waals surface area contributed by atoms with Crippen molar-refractivity contribution in [3.63, 3.8) is 0 Å². The largest absolute Gasteiger partial charge is 0.423 e. The van der Waals surface area contributed by atoms with Gasteiger partial charge in [-0.2, -0.15) is 0 Å². The van der Waals surface area contributed by atoms with Crippen LogP contribution >= 0.6 is 15.9 Å².